The number of halogens is 1. The molecule has 5 rings (SSSR count). The summed E-state index contributed by atoms with van der Waals surface area (Å²) >= 11 is 6.21. The minimum absolute atomic E-state index is 0.110. The average Bonchev–Trinajstić information content (AvgIpc) is 2.95. The zero-order chi connectivity index (χ0) is 25.6. The standard InChI is InChI=1S/C28H32ClN7O/c29-25-3-1-2-4-26(25)33-28(30)36-19-17-35(18-20-36)24-11-7-22(8-12-24)32-27(37)21-5-9-23(10-6-21)34-15-13-31-14-16-34/h1-12,31H,13-20H2,(H2,30,33)(H,32,37). The lowest BCUT2D eigenvalue weighted by Crippen LogP contribution is -2.51. The highest BCUT2D eigenvalue weighted by molar-refractivity contribution is 6.33. The van der Waals surface area contributed by atoms with Crippen molar-refractivity contribution < 1.29 is 4.79 Å². The third kappa shape index (κ3) is 6.15. The largest absolute Gasteiger partial charge is 0.369 e. The number of para-hydroxylation sites is 1. The molecular formula is C28H32ClN7O. The van der Waals surface area contributed by atoms with E-state index in [-0.39, 0.29) is 5.91 Å². The Hall–Kier alpha value is -3.75. The fourth-order valence-electron chi connectivity index (χ4n) is 4.64. The fourth-order valence-corrected chi connectivity index (χ4v) is 4.81. The second kappa shape index (κ2) is 11.5. The Bertz CT molecular complexity index is 1230. The first-order valence-electron chi connectivity index (χ1n) is 12.6. The van der Waals surface area contributed by atoms with E-state index in [4.69, 9.17) is 17.3 Å². The van der Waals surface area contributed by atoms with Crippen LogP contribution >= 0.6 is 11.6 Å². The molecular weight excluding hydrogens is 486 g/mol. The molecule has 0 aromatic heterocycles. The van der Waals surface area contributed by atoms with Crippen LogP contribution in [-0.4, -0.2) is 69.1 Å². The summed E-state index contributed by atoms with van der Waals surface area (Å²) in [4.78, 5) is 24.0. The van der Waals surface area contributed by atoms with Crippen LogP contribution in [0.4, 0.5) is 22.7 Å². The molecule has 0 unspecified atom stereocenters. The third-order valence-electron chi connectivity index (χ3n) is 6.79. The Kier molecular flexibility index (Phi) is 7.77. The first-order chi connectivity index (χ1) is 18.1. The second-order valence-electron chi connectivity index (χ2n) is 9.18. The smallest absolute Gasteiger partial charge is 0.255 e. The molecule has 37 heavy (non-hydrogen) atoms. The minimum Gasteiger partial charge on any atom is -0.369 e. The Morgan fingerprint density at radius 1 is 0.811 bits per heavy atom. The van der Waals surface area contributed by atoms with Gasteiger partial charge >= 0.3 is 0 Å². The number of nitrogens with two attached hydrogens (primary N) is 1. The summed E-state index contributed by atoms with van der Waals surface area (Å²) < 4.78 is 0. The molecule has 2 aliphatic rings. The summed E-state index contributed by atoms with van der Waals surface area (Å²) in [5.74, 6) is 0.369. The number of guanidine groups is 1. The van der Waals surface area contributed by atoms with Crippen LogP contribution < -0.4 is 26.2 Å². The zero-order valence-electron chi connectivity index (χ0n) is 20.7. The maximum Gasteiger partial charge on any atom is 0.255 e. The summed E-state index contributed by atoms with van der Waals surface area (Å²) in [5.41, 5.74) is 10.6. The lowest BCUT2D eigenvalue weighted by Gasteiger charge is -2.36. The molecule has 0 aliphatic carbocycles. The molecule has 2 aliphatic heterocycles. The first-order valence-corrected chi connectivity index (χ1v) is 13.0. The van der Waals surface area contributed by atoms with E-state index in [0.717, 1.165) is 69.4 Å². The summed E-state index contributed by atoms with van der Waals surface area (Å²) in [6.45, 7) is 7.12. The summed E-state index contributed by atoms with van der Waals surface area (Å²) in [5, 5.41) is 6.95. The van der Waals surface area contributed by atoms with Gasteiger partial charge in [-0.25, -0.2) is 4.99 Å². The molecule has 0 radical (unpaired) electrons. The van der Waals surface area contributed by atoms with Crippen molar-refractivity contribution in [1.82, 2.24) is 10.2 Å². The zero-order valence-corrected chi connectivity index (χ0v) is 21.5. The van der Waals surface area contributed by atoms with E-state index < -0.39 is 0 Å². The number of carbonyl (C=O) groups is 1. The van der Waals surface area contributed by atoms with Crippen molar-refractivity contribution in [2.45, 2.75) is 0 Å². The Morgan fingerprint density at radius 3 is 2.05 bits per heavy atom. The summed E-state index contributed by atoms with van der Waals surface area (Å²) in [6, 6.07) is 23.2. The number of aliphatic imine (C=N–C) groups is 1. The fraction of sp³-hybridized carbons (Fsp3) is 0.286. The van der Waals surface area contributed by atoms with Crippen molar-refractivity contribution in [2.75, 3.05) is 67.5 Å². The Morgan fingerprint density at radius 2 is 1.41 bits per heavy atom. The van der Waals surface area contributed by atoms with Gasteiger partial charge in [0.05, 0.1) is 10.7 Å². The van der Waals surface area contributed by atoms with Crippen LogP contribution in [0.2, 0.25) is 5.02 Å². The molecule has 2 saturated heterocycles. The van der Waals surface area contributed by atoms with E-state index in [2.05, 4.69) is 30.3 Å². The Labute approximate surface area is 222 Å². The van der Waals surface area contributed by atoms with E-state index in [0.29, 0.717) is 22.2 Å². The molecule has 8 nitrogen and oxygen atoms in total. The molecule has 0 spiro atoms. The topological polar surface area (TPSA) is 89.2 Å². The number of piperazine rings is 2. The van der Waals surface area contributed by atoms with Crippen molar-refractivity contribution in [3.63, 3.8) is 0 Å². The number of carbonyl (C=O) groups excluding carboxylic acids is 1. The van der Waals surface area contributed by atoms with Gasteiger partial charge in [-0.3, -0.25) is 4.79 Å². The van der Waals surface area contributed by atoms with Gasteiger partial charge in [-0.2, -0.15) is 0 Å². The first kappa shape index (κ1) is 24.9. The molecule has 9 heteroatoms. The normalized spacial score (nSPS) is 16.6. The van der Waals surface area contributed by atoms with E-state index in [9.17, 15) is 4.79 Å². The number of nitrogens with zero attached hydrogens (tertiary/aromatic N) is 4. The van der Waals surface area contributed by atoms with Crippen LogP contribution in [0.3, 0.4) is 0 Å². The number of anilines is 3. The van der Waals surface area contributed by atoms with Gasteiger partial charge in [-0.05, 0) is 60.7 Å². The van der Waals surface area contributed by atoms with Crippen LogP contribution in [0.25, 0.3) is 0 Å². The molecule has 0 bridgehead atoms. The van der Waals surface area contributed by atoms with Gasteiger partial charge in [0.25, 0.3) is 5.91 Å². The van der Waals surface area contributed by atoms with Crippen LogP contribution in [0.1, 0.15) is 10.4 Å². The molecule has 4 N–H and O–H groups in total. The molecule has 0 atom stereocenters. The molecule has 3 aromatic rings. The maximum absolute atomic E-state index is 12.8. The van der Waals surface area contributed by atoms with Crippen LogP contribution in [0.5, 0.6) is 0 Å². The lowest BCUT2D eigenvalue weighted by molar-refractivity contribution is 0.102. The van der Waals surface area contributed by atoms with Gasteiger partial charge in [0.15, 0.2) is 5.96 Å². The number of rotatable bonds is 5. The van der Waals surface area contributed by atoms with E-state index >= 15 is 0 Å². The van der Waals surface area contributed by atoms with E-state index in [1.165, 1.54) is 0 Å². The summed E-state index contributed by atoms with van der Waals surface area (Å²) in [6.07, 6.45) is 0. The predicted octanol–water partition coefficient (Wildman–Crippen LogP) is 3.77. The van der Waals surface area contributed by atoms with Gasteiger partial charge in [0.2, 0.25) is 0 Å². The number of hydrogen-bond acceptors (Lipinski definition) is 5. The minimum atomic E-state index is -0.110. The van der Waals surface area contributed by atoms with Crippen molar-refractivity contribution in [1.29, 1.82) is 0 Å². The SMILES string of the molecule is NC(=Nc1ccccc1Cl)N1CCN(c2ccc(NC(=O)c3ccc(N4CCNCC4)cc3)cc2)CC1. The molecule has 192 valence electrons. The number of benzene rings is 3. The summed E-state index contributed by atoms with van der Waals surface area (Å²) in [7, 11) is 0. The van der Waals surface area contributed by atoms with Gasteiger partial charge in [-0.1, -0.05) is 23.7 Å². The van der Waals surface area contributed by atoms with Crippen molar-refractivity contribution >= 4 is 46.2 Å². The maximum atomic E-state index is 12.8. The quantitative estimate of drug-likeness (QED) is 0.353. The Balaban J connectivity index is 1.14. The third-order valence-corrected chi connectivity index (χ3v) is 7.11. The monoisotopic (exact) mass is 517 g/mol. The number of amides is 1. The van der Waals surface area contributed by atoms with Gasteiger partial charge in [0.1, 0.15) is 0 Å². The molecule has 0 saturated carbocycles. The van der Waals surface area contributed by atoms with E-state index in [1.54, 1.807) is 0 Å². The number of nitrogens with one attached hydrogen (secondary N) is 2. The van der Waals surface area contributed by atoms with E-state index in [1.807, 2.05) is 72.8 Å². The molecule has 2 fully saturated rings. The second-order valence-corrected chi connectivity index (χ2v) is 9.59. The van der Waals surface area contributed by atoms with Crippen molar-refractivity contribution in [3.05, 3.63) is 83.4 Å². The highest BCUT2D eigenvalue weighted by atomic mass is 35.5. The predicted molar refractivity (Wildman–Crippen MR) is 152 cm³/mol. The van der Waals surface area contributed by atoms with Gasteiger partial charge in [0, 0.05) is 75.0 Å². The van der Waals surface area contributed by atoms with Crippen molar-refractivity contribution in [3.8, 4) is 0 Å². The van der Waals surface area contributed by atoms with Crippen LogP contribution in [-0.2, 0) is 0 Å². The lowest BCUT2D eigenvalue weighted by atomic mass is 10.1. The van der Waals surface area contributed by atoms with Gasteiger partial charge in [-0.15, -0.1) is 0 Å². The number of hydrogen-bond donors (Lipinski definition) is 3. The highest BCUT2D eigenvalue weighted by Gasteiger charge is 2.19. The van der Waals surface area contributed by atoms with Crippen LogP contribution in [0, 0.1) is 0 Å². The molecule has 1 amide bonds. The highest BCUT2D eigenvalue weighted by Crippen LogP contribution is 2.25. The molecule has 3 aromatic carbocycles. The van der Waals surface area contributed by atoms with Gasteiger partial charge < -0.3 is 31.1 Å². The van der Waals surface area contributed by atoms with Crippen molar-refractivity contribution in [2.24, 2.45) is 10.7 Å². The van der Waals surface area contributed by atoms with Crippen LogP contribution in [0.15, 0.2) is 77.8 Å². The molecule has 2 heterocycles. The average molecular weight is 518 g/mol.